The first-order valence-electron chi connectivity index (χ1n) is 11.1. The molecule has 1 amide bonds. The first kappa shape index (κ1) is 29.7. The van der Waals surface area contributed by atoms with E-state index < -0.39 is 81.5 Å². The van der Waals surface area contributed by atoms with Gasteiger partial charge in [0.25, 0.3) is 0 Å². The van der Waals surface area contributed by atoms with Crippen molar-refractivity contribution in [2.45, 2.75) is 55.8 Å². The minimum Gasteiger partial charge on any atom is -0.482 e. The molecule has 0 spiro atoms. The van der Waals surface area contributed by atoms with Gasteiger partial charge in [0.1, 0.15) is 42.6 Å². The lowest BCUT2D eigenvalue weighted by Gasteiger charge is -2.34. The second-order valence-corrected chi connectivity index (χ2v) is 9.79. The molecule has 0 saturated carbocycles. The predicted octanol–water partition coefficient (Wildman–Crippen LogP) is -3.41. The fraction of sp³-hybridized carbons (Fsp3) is 0.550. The number of hydrogen-bond acceptors (Lipinski definition) is 14. The van der Waals surface area contributed by atoms with E-state index in [-0.39, 0.29) is 11.6 Å². The van der Waals surface area contributed by atoms with Gasteiger partial charge in [0.05, 0.1) is 19.3 Å². The molecule has 38 heavy (non-hydrogen) atoms. The predicted molar refractivity (Wildman–Crippen MR) is 124 cm³/mol. The van der Waals surface area contributed by atoms with Gasteiger partial charge in [-0.2, -0.15) is 4.98 Å². The minimum atomic E-state index is -4.85. The summed E-state index contributed by atoms with van der Waals surface area (Å²) in [5.74, 6) is -0.752. The van der Waals surface area contributed by atoms with Crippen molar-refractivity contribution in [3.63, 3.8) is 0 Å². The third kappa shape index (κ3) is 7.16. The number of allylic oxidation sites excluding steroid dienone is 1. The average Bonchev–Trinajstić information content (AvgIpc) is 3.14. The summed E-state index contributed by atoms with van der Waals surface area (Å²) in [5.41, 5.74) is 4.56. The molecule has 0 aliphatic carbocycles. The molecule has 0 bridgehead atoms. The number of hydrogen-bond donors (Lipinski definition) is 8. The number of carbonyl (C=O) groups is 1. The summed E-state index contributed by atoms with van der Waals surface area (Å²) in [5, 5.41) is 52.1. The van der Waals surface area contributed by atoms with E-state index in [2.05, 4.69) is 10.3 Å². The number of aromatic nitrogens is 2. The second-order valence-electron chi connectivity index (χ2n) is 8.39. The summed E-state index contributed by atoms with van der Waals surface area (Å²) >= 11 is 0. The van der Waals surface area contributed by atoms with Crippen molar-refractivity contribution in [1.29, 1.82) is 0 Å². The third-order valence-electron chi connectivity index (χ3n) is 5.55. The molecule has 17 nitrogen and oxygen atoms in total. The van der Waals surface area contributed by atoms with Crippen LogP contribution in [0.2, 0.25) is 0 Å². The molecule has 2 aliphatic heterocycles. The van der Waals surface area contributed by atoms with Crippen LogP contribution in [0.4, 0.5) is 5.82 Å². The van der Waals surface area contributed by atoms with Gasteiger partial charge in [-0.05, 0) is 12.1 Å². The molecule has 9 N–H and O–H groups in total. The van der Waals surface area contributed by atoms with E-state index in [1.54, 1.807) is 0 Å². The fourth-order valence-electron chi connectivity index (χ4n) is 3.65. The Hall–Kier alpha value is -2.86. The SMILES string of the molecule is CC(=O)N[C@@H]1C=C/C(=C\OP(=O)(O)OC[C@H]2O[C@@H](n3ccc(N)nc3=O)[C@@H](O)C2O)OC1[C@H](O)[C@H](O)CO. The average molecular weight is 564 g/mol. The maximum absolute atomic E-state index is 12.4. The van der Waals surface area contributed by atoms with Crippen LogP contribution in [-0.4, -0.2) is 102 Å². The number of nitrogens with one attached hydrogen (secondary N) is 1. The number of nitrogen functional groups attached to an aromatic ring is 1. The lowest BCUT2D eigenvalue weighted by atomic mass is 9.98. The molecular weight excluding hydrogens is 535 g/mol. The highest BCUT2D eigenvalue weighted by Gasteiger charge is 2.45. The lowest BCUT2D eigenvalue weighted by molar-refractivity contribution is -0.123. The van der Waals surface area contributed by atoms with E-state index in [1.807, 2.05) is 0 Å². The van der Waals surface area contributed by atoms with Gasteiger partial charge < -0.3 is 50.6 Å². The van der Waals surface area contributed by atoms with Crippen molar-refractivity contribution in [3.8, 4) is 0 Å². The number of anilines is 1. The van der Waals surface area contributed by atoms with Crippen molar-refractivity contribution >= 4 is 19.5 Å². The summed E-state index contributed by atoms with van der Waals surface area (Å²) in [7, 11) is -4.85. The summed E-state index contributed by atoms with van der Waals surface area (Å²) in [4.78, 5) is 36.9. The normalized spacial score (nSPS) is 31.3. The number of nitrogens with zero attached hydrogens (tertiary/aromatic N) is 2. The molecule has 1 aromatic heterocycles. The molecule has 3 rings (SSSR count). The van der Waals surface area contributed by atoms with Crippen LogP contribution in [0.5, 0.6) is 0 Å². The molecule has 0 radical (unpaired) electrons. The maximum atomic E-state index is 12.4. The largest absolute Gasteiger partial charge is 0.527 e. The number of amides is 1. The first-order chi connectivity index (χ1) is 17.8. The van der Waals surface area contributed by atoms with Gasteiger partial charge in [-0.25, -0.2) is 9.36 Å². The number of ether oxygens (including phenoxy) is 2. The first-order valence-corrected chi connectivity index (χ1v) is 12.6. The summed E-state index contributed by atoms with van der Waals surface area (Å²) in [6, 6.07) is 0.354. The third-order valence-corrected chi connectivity index (χ3v) is 6.40. The molecule has 0 aromatic carbocycles. The van der Waals surface area contributed by atoms with Crippen molar-refractivity contribution in [2.24, 2.45) is 0 Å². The lowest BCUT2D eigenvalue weighted by Crippen LogP contribution is -2.53. The Labute approximate surface area is 215 Å². The van der Waals surface area contributed by atoms with Crippen LogP contribution in [0, 0.1) is 0 Å². The van der Waals surface area contributed by atoms with Crippen LogP contribution >= 0.6 is 7.82 Å². The maximum Gasteiger partial charge on any atom is 0.527 e. The summed E-state index contributed by atoms with van der Waals surface area (Å²) in [6.45, 7) is -0.334. The van der Waals surface area contributed by atoms with Crippen LogP contribution < -0.4 is 16.7 Å². The van der Waals surface area contributed by atoms with Crippen LogP contribution in [0.25, 0.3) is 0 Å². The van der Waals surface area contributed by atoms with Crippen molar-refractivity contribution < 1.29 is 58.3 Å². The van der Waals surface area contributed by atoms with E-state index in [9.17, 15) is 39.5 Å². The second kappa shape index (κ2) is 12.3. The fourth-order valence-corrected chi connectivity index (χ4v) is 4.28. The van der Waals surface area contributed by atoms with E-state index in [0.717, 1.165) is 4.57 Å². The standard InChI is InChI=1S/C20H29N4O13P/c1-9(26)22-11-3-2-10(36-18(11)15(28)12(27)6-25)7-34-38(32,33)35-8-13-16(29)17(30)19(37-13)24-5-4-14(21)23-20(24)31/h2-5,7,11-13,15-19,25,27-30H,6,8H2,1H3,(H,22,26)(H,32,33)(H2,21,23,31)/b10-7+/t11-,12-,13-,15-,16?,17+,18?,19-/m1/s1. The number of aliphatic hydroxyl groups excluding tert-OH is 5. The minimum absolute atomic E-state index is 0.0699. The number of phosphoric acid groups is 1. The highest BCUT2D eigenvalue weighted by molar-refractivity contribution is 7.47. The highest BCUT2D eigenvalue weighted by Crippen LogP contribution is 2.45. The van der Waals surface area contributed by atoms with Crippen LogP contribution in [0.1, 0.15) is 13.2 Å². The molecule has 3 unspecified atom stereocenters. The quantitative estimate of drug-likeness (QED) is 0.102. The van der Waals surface area contributed by atoms with Gasteiger partial charge >= 0.3 is 13.5 Å². The number of carbonyl (C=O) groups excluding carboxylic acids is 1. The highest BCUT2D eigenvalue weighted by atomic mass is 31.2. The molecule has 1 fully saturated rings. The Morgan fingerprint density at radius 2 is 2.08 bits per heavy atom. The number of aliphatic hydroxyl groups is 5. The smallest absolute Gasteiger partial charge is 0.482 e. The van der Waals surface area contributed by atoms with Crippen LogP contribution in [0.3, 0.4) is 0 Å². The monoisotopic (exact) mass is 564 g/mol. The summed E-state index contributed by atoms with van der Waals surface area (Å²) in [6.07, 6.45) is -6.05. The zero-order valence-corrected chi connectivity index (χ0v) is 20.8. The van der Waals surface area contributed by atoms with Crippen LogP contribution in [-0.2, 0) is 27.9 Å². The topological polar surface area (TPSA) is 265 Å². The number of phosphoric ester groups is 1. The Bertz CT molecular complexity index is 1160. The molecule has 2 aliphatic rings. The Morgan fingerprint density at radius 3 is 2.71 bits per heavy atom. The Kier molecular flexibility index (Phi) is 9.64. The zero-order chi connectivity index (χ0) is 28.2. The van der Waals surface area contributed by atoms with E-state index in [1.165, 1.54) is 31.3 Å². The van der Waals surface area contributed by atoms with Gasteiger partial charge in [0.2, 0.25) is 5.91 Å². The number of rotatable bonds is 10. The molecule has 1 saturated heterocycles. The molecule has 1 aromatic rings. The van der Waals surface area contributed by atoms with Gasteiger partial charge in [0.15, 0.2) is 18.1 Å². The zero-order valence-electron chi connectivity index (χ0n) is 19.9. The van der Waals surface area contributed by atoms with Crippen molar-refractivity contribution in [2.75, 3.05) is 18.9 Å². The molecular formula is C20H29N4O13P. The van der Waals surface area contributed by atoms with Gasteiger partial charge in [0, 0.05) is 13.1 Å². The van der Waals surface area contributed by atoms with E-state index in [4.69, 9.17) is 29.4 Å². The number of nitrogens with two attached hydrogens (primary N) is 1. The van der Waals surface area contributed by atoms with E-state index >= 15 is 0 Å². The van der Waals surface area contributed by atoms with Gasteiger partial charge in [-0.1, -0.05) is 6.08 Å². The van der Waals surface area contributed by atoms with Gasteiger partial charge in [-0.3, -0.25) is 18.8 Å². The van der Waals surface area contributed by atoms with Crippen LogP contribution in [0.15, 0.2) is 41.2 Å². The van der Waals surface area contributed by atoms with E-state index in [0.29, 0.717) is 6.26 Å². The summed E-state index contributed by atoms with van der Waals surface area (Å²) < 4.78 is 33.7. The molecule has 212 valence electrons. The van der Waals surface area contributed by atoms with Crippen molar-refractivity contribution in [1.82, 2.24) is 14.9 Å². The Balaban J connectivity index is 1.63. The molecule has 3 heterocycles. The molecule has 18 heteroatoms. The van der Waals surface area contributed by atoms with Crippen molar-refractivity contribution in [3.05, 3.63) is 46.9 Å². The van der Waals surface area contributed by atoms with Gasteiger partial charge in [-0.15, -0.1) is 0 Å². The Morgan fingerprint density at radius 1 is 1.37 bits per heavy atom. The molecule has 9 atom stereocenters.